The van der Waals surface area contributed by atoms with Crippen molar-refractivity contribution >= 4 is 17.2 Å². The summed E-state index contributed by atoms with van der Waals surface area (Å²) in [5.74, 6) is 1.74. The Balaban J connectivity index is 1.47. The zero-order chi connectivity index (χ0) is 20.4. The molecule has 1 aliphatic heterocycles. The molecule has 0 amide bonds. The zero-order valence-corrected chi connectivity index (χ0v) is 17.1. The largest absolute Gasteiger partial charge is 0.391 e. The highest BCUT2D eigenvalue weighted by Gasteiger charge is 2.32. The summed E-state index contributed by atoms with van der Waals surface area (Å²) in [6.07, 6.45) is 5.53. The van der Waals surface area contributed by atoms with E-state index < -0.39 is 0 Å². The van der Waals surface area contributed by atoms with E-state index in [0.717, 1.165) is 35.8 Å². The minimum Gasteiger partial charge on any atom is -0.391 e. The van der Waals surface area contributed by atoms with Crippen molar-refractivity contribution in [2.45, 2.75) is 38.5 Å². The maximum atomic E-state index is 10.3. The first-order valence-electron chi connectivity index (χ1n) is 10.1. The Morgan fingerprint density at radius 3 is 3.03 bits per heavy atom. The summed E-state index contributed by atoms with van der Waals surface area (Å²) in [5, 5.41) is 22.5. The van der Waals surface area contributed by atoms with Gasteiger partial charge in [-0.25, -0.2) is 9.97 Å². The highest BCUT2D eigenvalue weighted by molar-refractivity contribution is 5.54. The lowest BCUT2D eigenvalue weighted by atomic mass is 10.1. The maximum Gasteiger partial charge on any atom is 0.134 e. The Labute approximate surface area is 170 Å². The summed E-state index contributed by atoms with van der Waals surface area (Å²) in [5.41, 5.74) is 2.11. The predicted octanol–water partition coefficient (Wildman–Crippen LogP) is 1.27. The third kappa shape index (κ3) is 4.01. The van der Waals surface area contributed by atoms with Gasteiger partial charge in [-0.1, -0.05) is 0 Å². The highest BCUT2D eigenvalue weighted by atomic mass is 16.3. The third-order valence-electron chi connectivity index (χ3n) is 5.65. The molecule has 0 spiro atoms. The van der Waals surface area contributed by atoms with Crippen LogP contribution in [0.15, 0.2) is 36.9 Å². The fourth-order valence-corrected chi connectivity index (χ4v) is 3.84. The van der Waals surface area contributed by atoms with Crippen molar-refractivity contribution in [3.63, 3.8) is 0 Å². The van der Waals surface area contributed by atoms with Gasteiger partial charge < -0.3 is 20.2 Å². The van der Waals surface area contributed by atoms with Gasteiger partial charge in [0.25, 0.3) is 0 Å². The fourth-order valence-electron chi connectivity index (χ4n) is 3.84. The van der Waals surface area contributed by atoms with Gasteiger partial charge in [0.1, 0.15) is 18.0 Å². The minimum atomic E-state index is -0.361. The predicted molar refractivity (Wildman–Crippen MR) is 112 cm³/mol. The summed E-state index contributed by atoms with van der Waals surface area (Å²) in [4.78, 5) is 13.1. The van der Waals surface area contributed by atoms with E-state index in [1.807, 2.05) is 31.4 Å². The number of anilines is 2. The number of aliphatic hydroxyl groups excluding tert-OH is 1. The van der Waals surface area contributed by atoms with Crippen molar-refractivity contribution in [1.29, 1.82) is 0 Å². The molecule has 4 rings (SSSR count). The monoisotopic (exact) mass is 396 g/mol. The first kappa shape index (κ1) is 19.5. The molecule has 2 N–H and O–H groups in total. The van der Waals surface area contributed by atoms with Gasteiger partial charge in [-0.3, -0.25) is 0 Å². The van der Waals surface area contributed by atoms with Gasteiger partial charge in [0.15, 0.2) is 0 Å². The van der Waals surface area contributed by atoms with Gasteiger partial charge in [0.2, 0.25) is 0 Å². The Bertz CT molecular complexity index is 960. The fraction of sp³-hybridized carbons (Fsp3) is 0.500. The van der Waals surface area contributed by atoms with Gasteiger partial charge in [-0.15, -0.1) is 0 Å². The number of fused-ring (bicyclic) bond motifs is 1. The SMILES string of the molecule is CCN(C)c1cc(N2C[C@H](O)C[C@@H]2CNC(C)c2cnn3ncccc23)ncn1. The number of β-amino-alcohol motifs (C(OH)–C–C–N with tert-alkyl or cyclic N) is 1. The van der Waals surface area contributed by atoms with E-state index in [9.17, 15) is 5.11 Å². The molecule has 9 nitrogen and oxygen atoms in total. The van der Waals surface area contributed by atoms with E-state index in [2.05, 4.69) is 49.1 Å². The molecular formula is C20H28N8O. The number of aromatic nitrogens is 5. The molecule has 9 heteroatoms. The quantitative estimate of drug-likeness (QED) is 0.617. The van der Waals surface area contributed by atoms with Crippen LogP contribution in [0, 0.1) is 0 Å². The second kappa shape index (κ2) is 8.30. The van der Waals surface area contributed by atoms with Crippen molar-refractivity contribution in [2.24, 2.45) is 0 Å². The highest BCUT2D eigenvalue weighted by Crippen LogP contribution is 2.26. The van der Waals surface area contributed by atoms with Crippen LogP contribution in [0.25, 0.3) is 5.52 Å². The van der Waals surface area contributed by atoms with Gasteiger partial charge in [-0.2, -0.15) is 14.8 Å². The molecule has 0 aliphatic carbocycles. The molecule has 154 valence electrons. The van der Waals surface area contributed by atoms with Crippen molar-refractivity contribution in [1.82, 2.24) is 30.1 Å². The Morgan fingerprint density at radius 1 is 1.34 bits per heavy atom. The lowest BCUT2D eigenvalue weighted by Gasteiger charge is -2.27. The number of nitrogens with zero attached hydrogens (tertiary/aromatic N) is 7. The number of rotatable bonds is 7. The molecule has 1 fully saturated rings. The van der Waals surface area contributed by atoms with Crippen LogP contribution in [0.4, 0.5) is 11.6 Å². The average molecular weight is 396 g/mol. The van der Waals surface area contributed by atoms with E-state index >= 15 is 0 Å². The topological polar surface area (TPSA) is 94.7 Å². The molecular weight excluding hydrogens is 368 g/mol. The van der Waals surface area contributed by atoms with Crippen molar-refractivity contribution < 1.29 is 5.11 Å². The van der Waals surface area contributed by atoms with E-state index in [1.165, 1.54) is 0 Å². The molecule has 3 aromatic heterocycles. The normalized spacial score (nSPS) is 20.3. The number of nitrogens with one attached hydrogen (secondary N) is 1. The maximum absolute atomic E-state index is 10.3. The lowest BCUT2D eigenvalue weighted by molar-refractivity contribution is 0.193. The van der Waals surface area contributed by atoms with Crippen LogP contribution in [0.1, 0.15) is 31.9 Å². The van der Waals surface area contributed by atoms with Crippen LogP contribution >= 0.6 is 0 Å². The third-order valence-corrected chi connectivity index (χ3v) is 5.65. The molecule has 4 heterocycles. The van der Waals surface area contributed by atoms with Crippen LogP contribution in [-0.2, 0) is 0 Å². The van der Waals surface area contributed by atoms with Gasteiger partial charge in [0, 0.05) is 56.6 Å². The van der Waals surface area contributed by atoms with Gasteiger partial charge in [-0.05, 0) is 32.4 Å². The van der Waals surface area contributed by atoms with E-state index in [1.54, 1.807) is 17.2 Å². The van der Waals surface area contributed by atoms with Gasteiger partial charge in [0.05, 0.1) is 17.8 Å². The summed E-state index contributed by atoms with van der Waals surface area (Å²) >= 11 is 0. The molecule has 3 atom stereocenters. The smallest absolute Gasteiger partial charge is 0.134 e. The van der Waals surface area contributed by atoms with Crippen molar-refractivity contribution in [3.8, 4) is 0 Å². The zero-order valence-electron chi connectivity index (χ0n) is 17.1. The molecule has 1 unspecified atom stereocenters. The first-order chi connectivity index (χ1) is 14.1. The number of aliphatic hydroxyl groups is 1. The Morgan fingerprint density at radius 2 is 2.21 bits per heavy atom. The summed E-state index contributed by atoms with van der Waals surface area (Å²) in [7, 11) is 2.01. The molecule has 3 aromatic rings. The molecule has 0 aromatic carbocycles. The van der Waals surface area contributed by atoms with Crippen LogP contribution in [0.5, 0.6) is 0 Å². The molecule has 1 aliphatic rings. The molecule has 0 bridgehead atoms. The van der Waals surface area contributed by atoms with Crippen molar-refractivity contribution in [3.05, 3.63) is 42.5 Å². The minimum absolute atomic E-state index is 0.114. The van der Waals surface area contributed by atoms with E-state index in [4.69, 9.17) is 0 Å². The lowest BCUT2D eigenvalue weighted by Crippen LogP contribution is -2.39. The van der Waals surface area contributed by atoms with Crippen LogP contribution in [0.3, 0.4) is 0 Å². The Hall–Kier alpha value is -2.78. The van der Waals surface area contributed by atoms with Crippen LogP contribution < -0.4 is 15.1 Å². The second-order valence-electron chi connectivity index (χ2n) is 7.57. The first-order valence-corrected chi connectivity index (χ1v) is 10.1. The standard InChI is InChI=1S/C20H28N8O/c1-4-26(3)19-9-20(23-13-22-19)27-12-16(29)8-15(27)10-21-14(2)17-11-25-28-18(17)6-5-7-24-28/h5-7,9,11,13-16,21,29H,4,8,10,12H2,1-3H3/t14?,15-,16-/m1/s1. The average Bonchev–Trinajstić information content (AvgIpc) is 3.35. The van der Waals surface area contributed by atoms with Crippen LogP contribution in [0.2, 0.25) is 0 Å². The Kier molecular flexibility index (Phi) is 5.59. The molecule has 0 saturated carbocycles. The van der Waals surface area contributed by atoms with Crippen molar-refractivity contribution in [2.75, 3.05) is 36.5 Å². The summed E-state index contributed by atoms with van der Waals surface area (Å²) in [6, 6.07) is 6.20. The molecule has 1 saturated heterocycles. The van der Waals surface area contributed by atoms with E-state index in [0.29, 0.717) is 13.0 Å². The van der Waals surface area contributed by atoms with E-state index in [-0.39, 0.29) is 18.2 Å². The second-order valence-corrected chi connectivity index (χ2v) is 7.57. The number of hydrogen-bond donors (Lipinski definition) is 2. The molecule has 0 radical (unpaired) electrons. The van der Waals surface area contributed by atoms with Crippen LogP contribution in [-0.4, -0.2) is 68.7 Å². The number of hydrogen-bond acceptors (Lipinski definition) is 8. The van der Waals surface area contributed by atoms with Gasteiger partial charge >= 0.3 is 0 Å². The summed E-state index contributed by atoms with van der Waals surface area (Å²) in [6.45, 7) is 6.40. The molecule has 29 heavy (non-hydrogen) atoms. The summed E-state index contributed by atoms with van der Waals surface area (Å²) < 4.78 is 1.64.